The van der Waals surface area contributed by atoms with E-state index in [2.05, 4.69) is 21.4 Å². The van der Waals surface area contributed by atoms with Gasteiger partial charge in [-0.3, -0.25) is 4.90 Å². The van der Waals surface area contributed by atoms with Gasteiger partial charge in [0.05, 0.1) is 20.0 Å². The van der Waals surface area contributed by atoms with Crippen LogP contribution in [0.25, 0.3) is 0 Å². The molecule has 0 amide bonds. The number of likely N-dealkylation sites (tertiary alicyclic amines) is 1. The van der Waals surface area contributed by atoms with Gasteiger partial charge in [0.25, 0.3) is 0 Å². The topological polar surface area (TPSA) is 67.9 Å². The molecular weight excluding hydrogens is 244 g/mol. The monoisotopic (exact) mass is 266 g/mol. The second-order valence-electron chi connectivity index (χ2n) is 4.34. The van der Waals surface area contributed by atoms with E-state index < -0.39 is 10.0 Å². The van der Waals surface area contributed by atoms with Gasteiger partial charge < -0.3 is 0 Å². The van der Waals surface area contributed by atoms with Crippen LogP contribution < -0.4 is 4.72 Å². The third-order valence-electron chi connectivity index (χ3n) is 3.00. The van der Waals surface area contributed by atoms with Crippen LogP contribution in [0, 0.1) is 0 Å². The molecule has 0 aromatic rings. The van der Waals surface area contributed by atoms with Crippen LogP contribution in [0.15, 0.2) is 0 Å². The normalized spacial score (nSPS) is 27.2. The molecule has 1 fully saturated rings. The van der Waals surface area contributed by atoms with Crippen LogP contribution in [-0.2, 0) is 19.8 Å². The SMILES string of the molecule is CCN1CCC(NS(C)(=O)=O)CC1COOC. The number of rotatable bonds is 6. The van der Waals surface area contributed by atoms with E-state index in [-0.39, 0.29) is 12.1 Å². The standard InChI is InChI=1S/C10H22N2O4S/c1-4-12-6-5-9(11-17(3,13)14)7-10(12)8-16-15-2/h9-11H,4-8H2,1-3H3. The van der Waals surface area contributed by atoms with Gasteiger partial charge in [-0.2, -0.15) is 0 Å². The number of hydrogen-bond donors (Lipinski definition) is 1. The fourth-order valence-corrected chi connectivity index (χ4v) is 3.07. The Morgan fingerprint density at radius 2 is 2.18 bits per heavy atom. The molecule has 0 aromatic carbocycles. The first-order valence-electron chi connectivity index (χ1n) is 5.83. The lowest BCUT2D eigenvalue weighted by molar-refractivity contribution is -0.281. The average molecular weight is 266 g/mol. The van der Waals surface area contributed by atoms with Gasteiger partial charge in [-0.25, -0.2) is 22.9 Å². The van der Waals surface area contributed by atoms with Gasteiger partial charge in [-0.05, 0) is 19.4 Å². The van der Waals surface area contributed by atoms with Crippen molar-refractivity contribution in [1.82, 2.24) is 9.62 Å². The number of sulfonamides is 1. The fourth-order valence-electron chi connectivity index (χ4n) is 2.25. The molecule has 0 aromatic heterocycles. The third kappa shape index (κ3) is 5.31. The third-order valence-corrected chi connectivity index (χ3v) is 3.76. The summed E-state index contributed by atoms with van der Waals surface area (Å²) in [5.74, 6) is 0. The van der Waals surface area contributed by atoms with Gasteiger partial charge in [-0.1, -0.05) is 6.92 Å². The largest absolute Gasteiger partial charge is 0.298 e. The highest BCUT2D eigenvalue weighted by atomic mass is 32.2. The van der Waals surface area contributed by atoms with E-state index in [9.17, 15) is 8.42 Å². The van der Waals surface area contributed by atoms with E-state index in [4.69, 9.17) is 4.89 Å². The Balaban J connectivity index is 2.52. The summed E-state index contributed by atoms with van der Waals surface area (Å²) in [6.45, 7) is 4.36. The quantitative estimate of drug-likeness (QED) is 0.540. The first-order valence-corrected chi connectivity index (χ1v) is 7.72. The fraction of sp³-hybridized carbons (Fsp3) is 1.00. The molecule has 0 radical (unpaired) electrons. The highest BCUT2D eigenvalue weighted by molar-refractivity contribution is 7.88. The van der Waals surface area contributed by atoms with E-state index in [1.165, 1.54) is 13.4 Å². The average Bonchev–Trinajstić information content (AvgIpc) is 2.24. The number of nitrogens with one attached hydrogen (secondary N) is 1. The highest BCUT2D eigenvalue weighted by Crippen LogP contribution is 2.18. The maximum absolute atomic E-state index is 11.2. The molecule has 2 atom stereocenters. The molecule has 1 aliphatic rings. The van der Waals surface area contributed by atoms with E-state index in [0.717, 1.165) is 25.9 Å². The maximum Gasteiger partial charge on any atom is 0.208 e. The lowest BCUT2D eigenvalue weighted by Gasteiger charge is -2.38. The van der Waals surface area contributed by atoms with Gasteiger partial charge in [0.15, 0.2) is 0 Å². The van der Waals surface area contributed by atoms with Crippen LogP contribution in [-0.4, -0.2) is 58.5 Å². The Kier molecular flexibility index (Phi) is 5.81. The smallest absolute Gasteiger partial charge is 0.208 e. The number of nitrogens with zero attached hydrogens (tertiary/aromatic N) is 1. The molecule has 6 nitrogen and oxygen atoms in total. The van der Waals surface area contributed by atoms with Gasteiger partial charge in [-0.15, -0.1) is 0 Å². The van der Waals surface area contributed by atoms with Crippen molar-refractivity contribution < 1.29 is 18.2 Å². The Morgan fingerprint density at radius 1 is 1.47 bits per heavy atom. The van der Waals surface area contributed by atoms with Crippen LogP contribution in [0.2, 0.25) is 0 Å². The van der Waals surface area contributed by atoms with Crippen molar-refractivity contribution >= 4 is 10.0 Å². The molecule has 1 saturated heterocycles. The second-order valence-corrected chi connectivity index (χ2v) is 6.12. The van der Waals surface area contributed by atoms with Crippen molar-refractivity contribution in [1.29, 1.82) is 0 Å². The van der Waals surface area contributed by atoms with Crippen molar-refractivity contribution in [3.05, 3.63) is 0 Å². The van der Waals surface area contributed by atoms with E-state index in [1.54, 1.807) is 0 Å². The highest BCUT2D eigenvalue weighted by Gasteiger charge is 2.29. The minimum absolute atomic E-state index is 0.00161. The lowest BCUT2D eigenvalue weighted by atomic mass is 9.98. The Bertz CT molecular complexity index is 320. The summed E-state index contributed by atoms with van der Waals surface area (Å²) in [5.41, 5.74) is 0. The predicted octanol–water partition coefficient (Wildman–Crippen LogP) is -0.0335. The molecule has 17 heavy (non-hydrogen) atoms. The second kappa shape index (κ2) is 6.65. The minimum atomic E-state index is -3.13. The molecule has 1 heterocycles. The molecule has 0 saturated carbocycles. The van der Waals surface area contributed by atoms with Gasteiger partial charge in [0.2, 0.25) is 10.0 Å². The first-order chi connectivity index (χ1) is 7.96. The van der Waals surface area contributed by atoms with Crippen molar-refractivity contribution in [3.63, 3.8) is 0 Å². The molecule has 1 N–H and O–H groups in total. The zero-order valence-electron chi connectivity index (χ0n) is 10.7. The number of likely N-dealkylation sites (N-methyl/N-ethyl adjacent to an activating group) is 1. The van der Waals surface area contributed by atoms with E-state index in [0.29, 0.717) is 6.61 Å². The number of hydrogen-bond acceptors (Lipinski definition) is 5. The summed E-state index contributed by atoms with van der Waals surface area (Å²) >= 11 is 0. The molecule has 1 aliphatic heterocycles. The van der Waals surface area contributed by atoms with E-state index >= 15 is 0 Å². The maximum atomic E-state index is 11.2. The molecule has 0 aliphatic carbocycles. The molecule has 0 bridgehead atoms. The zero-order valence-corrected chi connectivity index (χ0v) is 11.5. The van der Waals surface area contributed by atoms with Crippen molar-refractivity contribution in [2.24, 2.45) is 0 Å². The van der Waals surface area contributed by atoms with Crippen LogP contribution >= 0.6 is 0 Å². The molecule has 1 rings (SSSR count). The summed E-state index contributed by atoms with van der Waals surface area (Å²) in [6, 6.07) is 0.200. The zero-order chi connectivity index (χ0) is 12.9. The van der Waals surface area contributed by atoms with Crippen LogP contribution in [0.1, 0.15) is 19.8 Å². The molecular formula is C10H22N2O4S. The molecule has 102 valence electrons. The minimum Gasteiger partial charge on any atom is -0.298 e. The Morgan fingerprint density at radius 3 is 2.71 bits per heavy atom. The summed E-state index contributed by atoms with van der Waals surface area (Å²) in [4.78, 5) is 11.9. The molecule has 2 unspecified atom stereocenters. The van der Waals surface area contributed by atoms with Gasteiger partial charge >= 0.3 is 0 Å². The summed E-state index contributed by atoms with van der Waals surface area (Å²) in [6.07, 6.45) is 2.79. The van der Waals surface area contributed by atoms with Crippen molar-refractivity contribution in [2.45, 2.75) is 31.8 Å². The summed E-state index contributed by atoms with van der Waals surface area (Å²) < 4.78 is 25.0. The lowest BCUT2D eigenvalue weighted by Crippen LogP contribution is -2.51. The Labute approximate surface area is 103 Å². The first kappa shape index (κ1) is 14.8. The van der Waals surface area contributed by atoms with Crippen molar-refractivity contribution in [2.75, 3.05) is 33.1 Å². The summed E-state index contributed by atoms with van der Waals surface area (Å²) in [5, 5.41) is 0. The van der Waals surface area contributed by atoms with Crippen LogP contribution in [0.4, 0.5) is 0 Å². The van der Waals surface area contributed by atoms with Crippen LogP contribution in [0.5, 0.6) is 0 Å². The van der Waals surface area contributed by atoms with Gasteiger partial charge in [0.1, 0.15) is 0 Å². The van der Waals surface area contributed by atoms with Gasteiger partial charge in [0, 0.05) is 18.6 Å². The molecule has 0 spiro atoms. The van der Waals surface area contributed by atoms with Crippen molar-refractivity contribution in [3.8, 4) is 0 Å². The Hall–Kier alpha value is -0.210. The van der Waals surface area contributed by atoms with E-state index in [1.807, 2.05) is 0 Å². The predicted molar refractivity (Wildman–Crippen MR) is 65.0 cm³/mol. The van der Waals surface area contributed by atoms with Crippen LogP contribution in [0.3, 0.4) is 0 Å². The number of piperidine rings is 1. The summed E-state index contributed by atoms with van der Waals surface area (Å²) in [7, 11) is -1.65. The molecule has 7 heteroatoms.